The predicted octanol–water partition coefficient (Wildman–Crippen LogP) is 2.05. The molecule has 0 heterocycles. The van der Waals surface area contributed by atoms with Gasteiger partial charge in [0.2, 0.25) is 0 Å². The van der Waals surface area contributed by atoms with Gasteiger partial charge in [0.05, 0.1) is 17.4 Å². The minimum Gasteiger partial charge on any atom is -0.466 e. The Balaban J connectivity index is 2.10. The summed E-state index contributed by atoms with van der Waals surface area (Å²) in [6, 6.07) is 0. The van der Waals surface area contributed by atoms with Crippen LogP contribution in [-0.2, 0) is 19.1 Å². The van der Waals surface area contributed by atoms with Crippen molar-refractivity contribution < 1.29 is 19.1 Å². The first-order valence-corrected chi connectivity index (χ1v) is 6.68. The molecule has 2 aliphatic carbocycles. The summed E-state index contributed by atoms with van der Waals surface area (Å²) in [5, 5.41) is 0. The van der Waals surface area contributed by atoms with Crippen LogP contribution in [-0.4, -0.2) is 24.1 Å². The number of carbonyl (C=O) groups excluding carboxylic acids is 3. The van der Waals surface area contributed by atoms with Gasteiger partial charge in [-0.2, -0.15) is 0 Å². The maximum atomic E-state index is 11.9. The zero-order valence-corrected chi connectivity index (χ0v) is 11.1. The Hall–Kier alpha value is -1.19. The third kappa shape index (κ3) is 1.88. The van der Waals surface area contributed by atoms with E-state index in [4.69, 9.17) is 4.74 Å². The van der Waals surface area contributed by atoms with Gasteiger partial charge in [0.1, 0.15) is 11.6 Å². The lowest BCUT2D eigenvalue weighted by molar-refractivity contribution is -0.160. The maximum Gasteiger partial charge on any atom is 0.311 e. The zero-order valence-electron chi connectivity index (χ0n) is 11.1. The van der Waals surface area contributed by atoms with Crippen LogP contribution in [0, 0.1) is 10.8 Å². The van der Waals surface area contributed by atoms with Crippen LogP contribution in [0.25, 0.3) is 0 Å². The summed E-state index contributed by atoms with van der Waals surface area (Å²) in [5.74, 6) is -0.0328. The van der Waals surface area contributed by atoms with E-state index in [0.717, 1.165) is 0 Å². The first kappa shape index (κ1) is 13.2. The lowest BCUT2D eigenvalue weighted by Crippen LogP contribution is -2.43. The van der Waals surface area contributed by atoms with E-state index in [1.54, 1.807) is 6.92 Å². The Labute approximate surface area is 107 Å². The smallest absolute Gasteiger partial charge is 0.311 e. The normalized spacial score (nSPS) is 25.4. The third-order valence-corrected chi connectivity index (χ3v) is 4.62. The van der Waals surface area contributed by atoms with Crippen LogP contribution >= 0.6 is 0 Å². The van der Waals surface area contributed by atoms with E-state index in [1.165, 1.54) is 0 Å². The quantitative estimate of drug-likeness (QED) is 0.557. The van der Waals surface area contributed by atoms with Crippen molar-refractivity contribution in [2.75, 3.05) is 6.61 Å². The lowest BCUT2D eigenvalue weighted by atomic mass is 9.63. The van der Waals surface area contributed by atoms with E-state index in [0.29, 0.717) is 45.1 Å². The summed E-state index contributed by atoms with van der Waals surface area (Å²) < 4.78 is 5.08. The summed E-state index contributed by atoms with van der Waals surface area (Å²) in [7, 11) is 0. The average Bonchev–Trinajstić information content (AvgIpc) is 2.62. The van der Waals surface area contributed by atoms with E-state index in [9.17, 15) is 14.4 Å². The highest BCUT2D eigenvalue weighted by molar-refractivity contribution is 6.13. The topological polar surface area (TPSA) is 60.4 Å². The van der Waals surface area contributed by atoms with Crippen LogP contribution < -0.4 is 0 Å². The fourth-order valence-corrected chi connectivity index (χ4v) is 3.16. The largest absolute Gasteiger partial charge is 0.466 e. The first-order chi connectivity index (χ1) is 8.44. The van der Waals surface area contributed by atoms with Gasteiger partial charge < -0.3 is 4.74 Å². The molecular weight excluding hydrogens is 232 g/mol. The molecule has 2 fully saturated rings. The van der Waals surface area contributed by atoms with Crippen LogP contribution in [0.4, 0.5) is 0 Å². The summed E-state index contributed by atoms with van der Waals surface area (Å²) >= 11 is 0. The van der Waals surface area contributed by atoms with Crippen LogP contribution in [0.1, 0.15) is 52.4 Å². The standard InChI is InChI=1S/C14H20O4/c1-3-18-12(17)13(2)6-8-14(9-7-13)10(15)4-5-11(14)16/h3-9H2,1-2H3. The molecule has 4 nitrogen and oxygen atoms in total. The van der Waals surface area contributed by atoms with Gasteiger partial charge in [0.15, 0.2) is 0 Å². The molecule has 0 bridgehead atoms. The molecule has 0 aromatic heterocycles. The zero-order chi connectivity index (χ0) is 13.4. The highest BCUT2D eigenvalue weighted by Gasteiger charge is 2.54. The van der Waals surface area contributed by atoms with Gasteiger partial charge in [0.25, 0.3) is 0 Å². The maximum absolute atomic E-state index is 11.9. The molecule has 0 amide bonds. The molecule has 18 heavy (non-hydrogen) atoms. The summed E-state index contributed by atoms with van der Waals surface area (Å²) in [4.78, 5) is 35.8. The molecule has 0 aromatic rings. The minimum atomic E-state index is -0.758. The van der Waals surface area contributed by atoms with Gasteiger partial charge in [-0.05, 0) is 39.5 Å². The van der Waals surface area contributed by atoms with E-state index in [2.05, 4.69) is 0 Å². The molecule has 2 aliphatic rings. The Bertz CT molecular complexity index is 371. The molecule has 0 N–H and O–H groups in total. The molecule has 1 spiro atoms. The Morgan fingerprint density at radius 3 is 2.06 bits per heavy atom. The molecule has 0 radical (unpaired) electrons. The minimum absolute atomic E-state index is 0.0819. The van der Waals surface area contributed by atoms with Crippen molar-refractivity contribution in [1.29, 1.82) is 0 Å². The van der Waals surface area contributed by atoms with Crippen LogP contribution in [0.15, 0.2) is 0 Å². The van der Waals surface area contributed by atoms with Crippen LogP contribution in [0.2, 0.25) is 0 Å². The number of carbonyl (C=O) groups is 3. The van der Waals surface area contributed by atoms with Crippen molar-refractivity contribution in [3.05, 3.63) is 0 Å². The van der Waals surface area contributed by atoms with E-state index >= 15 is 0 Å². The SMILES string of the molecule is CCOC(=O)C1(C)CCC2(CC1)C(=O)CCC2=O. The highest BCUT2D eigenvalue weighted by atomic mass is 16.5. The molecule has 0 atom stereocenters. The number of ether oxygens (including phenoxy) is 1. The van der Waals surface area contributed by atoms with Crippen LogP contribution in [0.3, 0.4) is 0 Å². The number of ketones is 2. The molecule has 0 aromatic carbocycles. The molecule has 2 rings (SSSR count). The van der Waals surface area contributed by atoms with Crippen molar-refractivity contribution in [2.24, 2.45) is 10.8 Å². The first-order valence-electron chi connectivity index (χ1n) is 6.68. The summed E-state index contributed by atoms with van der Waals surface area (Å²) in [6.07, 6.45) is 2.94. The monoisotopic (exact) mass is 252 g/mol. The second kappa shape index (κ2) is 4.48. The van der Waals surface area contributed by atoms with Gasteiger partial charge in [-0.1, -0.05) is 0 Å². The van der Waals surface area contributed by atoms with Gasteiger partial charge in [-0.3, -0.25) is 14.4 Å². The van der Waals surface area contributed by atoms with Crippen molar-refractivity contribution in [2.45, 2.75) is 52.4 Å². The van der Waals surface area contributed by atoms with Crippen molar-refractivity contribution >= 4 is 17.5 Å². The molecule has 2 saturated carbocycles. The number of esters is 1. The molecule has 0 aliphatic heterocycles. The van der Waals surface area contributed by atoms with Gasteiger partial charge in [-0.25, -0.2) is 0 Å². The number of rotatable bonds is 2. The van der Waals surface area contributed by atoms with E-state index in [-0.39, 0.29) is 17.5 Å². The Morgan fingerprint density at radius 2 is 1.61 bits per heavy atom. The molecule has 4 heteroatoms. The third-order valence-electron chi connectivity index (χ3n) is 4.62. The van der Waals surface area contributed by atoms with Crippen molar-refractivity contribution in [1.82, 2.24) is 0 Å². The fourth-order valence-electron chi connectivity index (χ4n) is 3.16. The van der Waals surface area contributed by atoms with Gasteiger partial charge in [-0.15, -0.1) is 0 Å². The van der Waals surface area contributed by atoms with E-state index < -0.39 is 10.8 Å². The molecule has 100 valence electrons. The molecule has 0 saturated heterocycles. The number of hydrogen-bond acceptors (Lipinski definition) is 4. The second-order valence-electron chi connectivity index (χ2n) is 5.71. The van der Waals surface area contributed by atoms with Gasteiger partial charge in [0, 0.05) is 12.8 Å². The molecular formula is C14H20O4. The highest BCUT2D eigenvalue weighted by Crippen LogP contribution is 2.50. The van der Waals surface area contributed by atoms with Crippen molar-refractivity contribution in [3.63, 3.8) is 0 Å². The lowest BCUT2D eigenvalue weighted by Gasteiger charge is -2.39. The number of Topliss-reactive ketones (excluding diaryl/α,β-unsaturated/α-hetero) is 2. The molecule has 0 unspecified atom stereocenters. The number of hydrogen-bond donors (Lipinski definition) is 0. The second-order valence-corrected chi connectivity index (χ2v) is 5.71. The average molecular weight is 252 g/mol. The summed E-state index contributed by atoms with van der Waals surface area (Å²) in [5.41, 5.74) is -1.28. The Morgan fingerprint density at radius 1 is 1.11 bits per heavy atom. The van der Waals surface area contributed by atoms with E-state index in [1.807, 2.05) is 6.92 Å². The predicted molar refractivity (Wildman–Crippen MR) is 64.9 cm³/mol. The summed E-state index contributed by atoms with van der Waals surface area (Å²) in [6.45, 7) is 4.04. The van der Waals surface area contributed by atoms with Crippen LogP contribution in [0.5, 0.6) is 0 Å². The Kier molecular flexibility index (Phi) is 3.30. The fraction of sp³-hybridized carbons (Fsp3) is 0.786. The van der Waals surface area contributed by atoms with Crippen molar-refractivity contribution in [3.8, 4) is 0 Å². The van der Waals surface area contributed by atoms with Gasteiger partial charge >= 0.3 is 5.97 Å².